The molecule has 0 spiro atoms. The maximum atomic E-state index is 12.8. The van der Waals surface area contributed by atoms with E-state index in [4.69, 9.17) is 5.73 Å². The molecule has 1 saturated heterocycles. The molecule has 1 aromatic heterocycles. The van der Waals surface area contributed by atoms with Crippen molar-refractivity contribution in [2.75, 3.05) is 18.8 Å². The first-order valence-corrected chi connectivity index (χ1v) is 7.11. The summed E-state index contributed by atoms with van der Waals surface area (Å²) >= 11 is 0. The Morgan fingerprint density at radius 3 is 2.71 bits per heavy atom. The molecule has 2 rings (SSSR count). The van der Waals surface area contributed by atoms with Crippen LogP contribution in [0.25, 0.3) is 0 Å². The Balaban J connectivity index is 2.38. The lowest BCUT2D eigenvalue weighted by Crippen LogP contribution is -2.63. The zero-order chi connectivity index (χ0) is 15.8. The maximum Gasteiger partial charge on any atom is 0.254 e. The van der Waals surface area contributed by atoms with E-state index in [1.54, 1.807) is 30.9 Å². The van der Waals surface area contributed by atoms with E-state index in [9.17, 15) is 9.59 Å². The molecule has 1 fully saturated rings. The summed E-state index contributed by atoms with van der Waals surface area (Å²) in [5, 5.41) is 2.78. The molecule has 6 nitrogen and oxygen atoms in total. The van der Waals surface area contributed by atoms with Gasteiger partial charge in [-0.15, -0.1) is 0 Å². The first-order chi connectivity index (χ1) is 9.73. The second kappa shape index (κ2) is 5.35. The summed E-state index contributed by atoms with van der Waals surface area (Å²) < 4.78 is 0. The number of nitrogen functional groups attached to an aromatic ring is 1. The third-order valence-corrected chi connectivity index (χ3v) is 3.80. The van der Waals surface area contributed by atoms with Gasteiger partial charge in [-0.05, 0) is 31.9 Å². The van der Waals surface area contributed by atoms with Gasteiger partial charge in [-0.1, -0.05) is 13.8 Å². The number of pyridine rings is 1. The third kappa shape index (κ3) is 2.84. The Labute approximate surface area is 124 Å². The topological polar surface area (TPSA) is 88.3 Å². The van der Waals surface area contributed by atoms with Crippen molar-refractivity contribution in [2.45, 2.75) is 39.2 Å². The zero-order valence-electron chi connectivity index (χ0n) is 12.9. The van der Waals surface area contributed by atoms with E-state index in [1.165, 1.54) is 0 Å². The van der Waals surface area contributed by atoms with E-state index >= 15 is 0 Å². The summed E-state index contributed by atoms with van der Waals surface area (Å²) in [5.41, 5.74) is 6.18. The highest BCUT2D eigenvalue weighted by Crippen LogP contribution is 2.23. The van der Waals surface area contributed by atoms with Gasteiger partial charge in [-0.25, -0.2) is 4.98 Å². The minimum Gasteiger partial charge on any atom is -0.384 e. The van der Waals surface area contributed by atoms with Crippen LogP contribution < -0.4 is 11.1 Å². The van der Waals surface area contributed by atoms with Crippen LogP contribution in [0.15, 0.2) is 12.1 Å². The Morgan fingerprint density at radius 1 is 1.43 bits per heavy atom. The Hall–Kier alpha value is -2.11. The van der Waals surface area contributed by atoms with E-state index in [0.29, 0.717) is 24.5 Å². The smallest absolute Gasteiger partial charge is 0.254 e. The number of rotatable bonds is 2. The molecule has 2 heterocycles. The van der Waals surface area contributed by atoms with Gasteiger partial charge in [-0.2, -0.15) is 0 Å². The second-order valence-corrected chi connectivity index (χ2v) is 6.13. The van der Waals surface area contributed by atoms with Gasteiger partial charge in [0.1, 0.15) is 11.4 Å². The number of nitrogens with one attached hydrogen (secondary N) is 1. The predicted molar refractivity (Wildman–Crippen MR) is 80.9 cm³/mol. The fourth-order valence-corrected chi connectivity index (χ4v) is 2.40. The number of amides is 2. The number of nitrogens with two attached hydrogens (primary N) is 1. The van der Waals surface area contributed by atoms with Crippen LogP contribution in [0.5, 0.6) is 0 Å². The molecule has 0 bridgehead atoms. The summed E-state index contributed by atoms with van der Waals surface area (Å²) in [5.74, 6) is 0.167. The normalized spacial score (nSPS) is 17.8. The van der Waals surface area contributed by atoms with Gasteiger partial charge >= 0.3 is 0 Å². The SMILES string of the molecule is CC(C)c1cc(C(=O)N2CCNC(=O)C2(C)C)cc(N)n1. The molecule has 0 unspecified atom stereocenters. The van der Waals surface area contributed by atoms with Gasteiger partial charge in [-0.3, -0.25) is 9.59 Å². The van der Waals surface area contributed by atoms with Gasteiger partial charge in [0.2, 0.25) is 5.91 Å². The first kappa shape index (κ1) is 15.3. The molecule has 1 aliphatic rings. The number of carbonyl (C=O) groups is 2. The number of aromatic nitrogens is 1. The minimum atomic E-state index is -0.870. The Bertz CT molecular complexity index is 581. The van der Waals surface area contributed by atoms with Gasteiger partial charge < -0.3 is 16.0 Å². The highest BCUT2D eigenvalue weighted by atomic mass is 16.2. The fourth-order valence-electron chi connectivity index (χ4n) is 2.40. The van der Waals surface area contributed by atoms with Gasteiger partial charge in [0.15, 0.2) is 0 Å². The number of anilines is 1. The molecule has 0 atom stereocenters. The van der Waals surface area contributed by atoms with Crippen LogP contribution in [0, 0.1) is 0 Å². The molecule has 6 heteroatoms. The number of hydrogen-bond acceptors (Lipinski definition) is 4. The van der Waals surface area contributed by atoms with E-state index in [-0.39, 0.29) is 17.7 Å². The van der Waals surface area contributed by atoms with Crippen molar-refractivity contribution in [1.82, 2.24) is 15.2 Å². The number of carbonyl (C=O) groups excluding carboxylic acids is 2. The van der Waals surface area contributed by atoms with Crippen LogP contribution in [0.2, 0.25) is 0 Å². The first-order valence-electron chi connectivity index (χ1n) is 7.11. The zero-order valence-corrected chi connectivity index (χ0v) is 12.9. The van der Waals surface area contributed by atoms with Crippen molar-refractivity contribution < 1.29 is 9.59 Å². The molecule has 1 aliphatic heterocycles. The van der Waals surface area contributed by atoms with Crippen molar-refractivity contribution in [3.8, 4) is 0 Å². The molecular weight excluding hydrogens is 268 g/mol. The van der Waals surface area contributed by atoms with Crippen molar-refractivity contribution >= 4 is 17.6 Å². The molecule has 0 aromatic carbocycles. The summed E-state index contributed by atoms with van der Waals surface area (Å²) in [6.45, 7) is 8.42. The number of piperazine rings is 1. The molecule has 1 aromatic rings. The van der Waals surface area contributed by atoms with Crippen LogP contribution in [-0.2, 0) is 4.79 Å². The molecule has 0 radical (unpaired) electrons. The quantitative estimate of drug-likeness (QED) is 0.855. The third-order valence-electron chi connectivity index (χ3n) is 3.80. The predicted octanol–water partition coefficient (Wildman–Crippen LogP) is 1.14. The lowest BCUT2D eigenvalue weighted by molar-refractivity contribution is -0.133. The highest BCUT2D eigenvalue weighted by Gasteiger charge is 2.40. The summed E-state index contributed by atoms with van der Waals surface area (Å²) in [6.07, 6.45) is 0. The summed E-state index contributed by atoms with van der Waals surface area (Å²) in [7, 11) is 0. The molecular formula is C15H22N4O2. The van der Waals surface area contributed by atoms with Crippen LogP contribution in [0.3, 0.4) is 0 Å². The number of nitrogens with zero attached hydrogens (tertiary/aromatic N) is 2. The molecule has 3 N–H and O–H groups in total. The maximum absolute atomic E-state index is 12.8. The van der Waals surface area contributed by atoms with Crippen molar-refractivity contribution in [1.29, 1.82) is 0 Å². The van der Waals surface area contributed by atoms with Crippen LogP contribution in [-0.4, -0.2) is 40.3 Å². The Kier molecular flexibility index (Phi) is 3.89. The van der Waals surface area contributed by atoms with Crippen LogP contribution in [0.4, 0.5) is 5.82 Å². The van der Waals surface area contributed by atoms with E-state index in [0.717, 1.165) is 5.69 Å². The minimum absolute atomic E-state index is 0.145. The van der Waals surface area contributed by atoms with E-state index < -0.39 is 5.54 Å². The van der Waals surface area contributed by atoms with E-state index in [2.05, 4.69) is 10.3 Å². The van der Waals surface area contributed by atoms with E-state index in [1.807, 2.05) is 13.8 Å². The molecule has 114 valence electrons. The molecule has 0 aliphatic carbocycles. The largest absolute Gasteiger partial charge is 0.384 e. The molecule has 21 heavy (non-hydrogen) atoms. The van der Waals surface area contributed by atoms with Crippen LogP contribution in [0.1, 0.15) is 49.7 Å². The van der Waals surface area contributed by atoms with Gasteiger partial charge in [0, 0.05) is 24.3 Å². The summed E-state index contributed by atoms with van der Waals surface area (Å²) in [4.78, 5) is 30.5. The van der Waals surface area contributed by atoms with Crippen LogP contribution >= 0.6 is 0 Å². The second-order valence-electron chi connectivity index (χ2n) is 6.13. The summed E-state index contributed by atoms with van der Waals surface area (Å²) in [6, 6.07) is 3.32. The van der Waals surface area contributed by atoms with Crippen molar-refractivity contribution in [3.63, 3.8) is 0 Å². The monoisotopic (exact) mass is 290 g/mol. The van der Waals surface area contributed by atoms with Crippen molar-refractivity contribution in [3.05, 3.63) is 23.4 Å². The average Bonchev–Trinajstić information content (AvgIpc) is 2.40. The van der Waals surface area contributed by atoms with Gasteiger partial charge in [0.25, 0.3) is 5.91 Å². The fraction of sp³-hybridized carbons (Fsp3) is 0.533. The lowest BCUT2D eigenvalue weighted by atomic mass is 9.97. The molecule has 2 amide bonds. The highest BCUT2D eigenvalue weighted by molar-refractivity contribution is 6.00. The van der Waals surface area contributed by atoms with Crippen molar-refractivity contribution in [2.24, 2.45) is 0 Å². The van der Waals surface area contributed by atoms with Gasteiger partial charge in [0.05, 0.1) is 0 Å². The standard InChI is InChI=1S/C15H22N4O2/c1-9(2)11-7-10(8-12(16)18-11)13(20)19-6-5-17-14(21)15(19,3)4/h7-9H,5-6H2,1-4H3,(H2,16,18)(H,17,21). The molecule has 0 saturated carbocycles. The number of hydrogen-bond donors (Lipinski definition) is 2. The lowest BCUT2D eigenvalue weighted by Gasteiger charge is -2.41. The average molecular weight is 290 g/mol. The Morgan fingerprint density at radius 2 is 2.10 bits per heavy atom.